The van der Waals surface area contributed by atoms with Crippen LogP contribution in [-0.4, -0.2) is 30.2 Å². The van der Waals surface area contributed by atoms with E-state index >= 15 is 0 Å². The van der Waals surface area contributed by atoms with Gasteiger partial charge in [0, 0.05) is 11.6 Å². The number of aromatic nitrogens is 2. The normalized spacial score (nSPS) is 10.2. The molecule has 104 valence electrons. The van der Waals surface area contributed by atoms with Gasteiger partial charge in [0.2, 0.25) is 11.7 Å². The van der Waals surface area contributed by atoms with E-state index in [0.29, 0.717) is 17.1 Å². The summed E-state index contributed by atoms with van der Waals surface area (Å²) in [6.45, 7) is 3.76. The summed E-state index contributed by atoms with van der Waals surface area (Å²) in [4.78, 5) is 12.4. The molecule has 0 aliphatic carbocycles. The molecule has 2 rings (SSSR count). The van der Waals surface area contributed by atoms with Crippen molar-refractivity contribution in [2.45, 2.75) is 13.8 Å². The van der Waals surface area contributed by atoms with Crippen LogP contribution in [0.2, 0.25) is 0 Å². The van der Waals surface area contributed by atoms with Crippen LogP contribution in [0.25, 0.3) is 0 Å². The smallest absolute Gasteiger partial charge is 0.233 e. The number of ether oxygens (including phenoxy) is 2. The Bertz CT molecular complexity index is 636. The molecule has 1 aromatic heterocycles. The Labute approximate surface area is 117 Å². The topological polar surface area (TPSA) is 61.3 Å². The number of hydrogen-bond donors (Lipinski definition) is 0. The van der Waals surface area contributed by atoms with E-state index in [1.165, 1.54) is 7.11 Å². The Morgan fingerprint density at radius 1 is 1.00 bits per heavy atom. The van der Waals surface area contributed by atoms with Gasteiger partial charge in [-0.3, -0.25) is 4.79 Å². The molecule has 1 aromatic carbocycles. The maximum atomic E-state index is 12.4. The van der Waals surface area contributed by atoms with Gasteiger partial charge in [-0.05, 0) is 43.2 Å². The highest BCUT2D eigenvalue weighted by molar-refractivity contribution is 6.08. The van der Waals surface area contributed by atoms with Crippen LogP contribution >= 0.6 is 0 Å². The molecule has 0 radical (unpaired) electrons. The standard InChI is InChI=1S/C15H16N2O3/c1-9-8-13(19-3)10(2)7-11(9)15(18)12-5-6-14(20-4)17-16-12/h5-8H,1-4H3. The fourth-order valence-electron chi connectivity index (χ4n) is 1.94. The number of aryl methyl sites for hydroxylation is 2. The summed E-state index contributed by atoms with van der Waals surface area (Å²) in [5, 5.41) is 7.70. The zero-order valence-electron chi connectivity index (χ0n) is 11.9. The van der Waals surface area contributed by atoms with Crippen molar-refractivity contribution in [3.8, 4) is 11.6 Å². The van der Waals surface area contributed by atoms with Gasteiger partial charge in [0.1, 0.15) is 11.4 Å². The second-order valence-corrected chi connectivity index (χ2v) is 4.43. The van der Waals surface area contributed by atoms with Gasteiger partial charge in [0.15, 0.2) is 0 Å². The fourth-order valence-corrected chi connectivity index (χ4v) is 1.94. The largest absolute Gasteiger partial charge is 0.496 e. The van der Waals surface area contributed by atoms with Crippen LogP contribution in [-0.2, 0) is 0 Å². The number of benzene rings is 1. The van der Waals surface area contributed by atoms with Crippen LogP contribution in [0.5, 0.6) is 11.6 Å². The van der Waals surface area contributed by atoms with Crippen molar-refractivity contribution >= 4 is 5.78 Å². The van der Waals surface area contributed by atoms with E-state index in [2.05, 4.69) is 10.2 Å². The zero-order chi connectivity index (χ0) is 14.7. The molecule has 0 spiro atoms. The maximum absolute atomic E-state index is 12.4. The highest BCUT2D eigenvalue weighted by Crippen LogP contribution is 2.24. The lowest BCUT2D eigenvalue weighted by Crippen LogP contribution is -2.08. The Kier molecular flexibility index (Phi) is 3.98. The summed E-state index contributed by atoms with van der Waals surface area (Å²) in [5.74, 6) is 0.979. The number of ketones is 1. The summed E-state index contributed by atoms with van der Waals surface area (Å²) in [5.41, 5.74) is 2.64. The van der Waals surface area contributed by atoms with E-state index in [1.54, 1.807) is 19.2 Å². The van der Waals surface area contributed by atoms with E-state index in [0.717, 1.165) is 16.9 Å². The predicted octanol–water partition coefficient (Wildman–Crippen LogP) is 2.34. The summed E-state index contributed by atoms with van der Waals surface area (Å²) in [6, 6.07) is 6.88. The molecule has 0 aliphatic rings. The van der Waals surface area contributed by atoms with Gasteiger partial charge in [0.05, 0.1) is 14.2 Å². The van der Waals surface area contributed by atoms with Crippen LogP contribution in [0, 0.1) is 13.8 Å². The molecule has 0 aliphatic heterocycles. The second-order valence-electron chi connectivity index (χ2n) is 4.43. The average molecular weight is 272 g/mol. The Balaban J connectivity index is 2.39. The predicted molar refractivity (Wildman–Crippen MR) is 74.5 cm³/mol. The van der Waals surface area contributed by atoms with E-state index in [4.69, 9.17) is 9.47 Å². The van der Waals surface area contributed by atoms with Gasteiger partial charge in [-0.1, -0.05) is 0 Å². The zero-order valence-corrected chi connectivity index (χ0v) is 11.9. The third-order valence-electron chi connectivity index (χ3n) is 3.07. The molecule has 0 unspecified atom stereocenters. The lowest BCUT2D eigenvalue weighted by molar-refractivity contribution is 0.103. The minimum Gasteiger partial charge on any atom is -0.496 e. The van der Waals surface area contributed by atoms with Gasteiger partial charge in [-0.15, -0.1) is 10.2 Å². The molecular weight excluding hydrogens is 256 g/mol. The van der Waals surface area contributed by atoms with Crippen LogP contribution in [0.4, 0.5) is 0 Å². The number of methoxy groups -OCH3 is 2. The first kappa shape index (κ1) is 14.0. The van der Waals surface area contributed by atoms with Crippen molar-refractivity contribution in [3.05, 3.63) is 46.6 Å². The third kappa shape index (κ3) is 2.61. The van der Waals surface area contributed by atoms with Crippen molar-refractivity contribution in [1.29, 1.82) is 0 Å². The van der Waals surface area contributed by atoms with Crippen LogP contribution in [0.15, 0.2) is 24.3 Å². The van der Waals surface area contributed by atoms with Crippen LogP contribution in [0.1, 0.15) is 27.2 Å². The third-order valence-corrected chi connectivity index (χ3v) is 3.07. The molecule has 5 nitrogen and oxygen atoms in total. The van der Waals surface area contributed by atoms with E-state index in [1.807, 2.05) is 26.0 Å². The minimum atomic E-state index is -0.164. The monoisotopic (exact) mass is 272 g/mol. The molecule has 2 aromatic rings. The molecule has 5 heteroatoms. The summed E-state index contributed by atoms with van der Waals surface area (Å²) in [6.07, 6.45) is 0. The van der Waals surface area contributed by atoms with Crippen molar-refractivity contribution in [3.63, 3.8) is 0 Å². The van der Waals surface area contributed by atoms with Gasteiger partial charge in [-0.2, -0.15) is 0 Å². The van der Waals surface area contributed by atoms with Gasteiger partial charge in [0.25, 0.3) is 0 Å². The molecule has 0 bridgehead atoms. The first-order valence-electron chi connectivity index (χ1n) is 6.14. The number of hydrogen-bond acceptors (Lipinski definition) is 5. The molecule has 0 N–H and O–H groups in total. The van der Waals surface area contributed by atoms with E-state index in [-0.39, 0.29) is 5.78 Å². The number of rotatable bonds is 4. The van der Waals surface area contributed by atoms with Gasteiger partial charge < -0.3 is 9.47 Å². The van der Waals surface area contributed by atoms with E-state index < -0.39 is 0 Å². The first-order chi connectivity index (χ1) is 9.56. The molecule has 0 atom stereocenters. The quantitative estimate of drug-likeness (QED) is 0.799. The van der Waals surface area contributed by atoms with E-state index in [9.17, 15) is 4.79 Å². The maximum Gasteiger partial charge on any atom is 0.233 e. The number of carbonyl (C=O) groups excluding carboxylic acids is 1. The van der Waals surface area contributed by atoms with Crippen molar-refractivity contribution in [2.24, 2.45) is 0 Å². The fraction of sp³-hybridized carbons (Fsp3) is 0.267. The summed E-state index contributed by atoms with van der Waals surface area (Å²) >= 11 is 0. The van der Waals surface area contributed by atoms with Crippen molar-refractivity contribution in [2.75, 3.05) is 14.2 Å². The van der Waals surface area contributed by atoms with Crippen molar-refractivity contribution < 1.29 is 14.3 Å². The van der Waals surface area contributed by atoms with Crippen molar-refractivity contribution in [1.82, 2.24) is 10.2 Å². The molecule has 0 saturated heterocycles. The van der Waals surface area contributed by atoms with Gasteiger partial charge in [-0.25, -0.2) is 0 Å². The van der Waals surface area contributed by atoms with Gasteiger partial charge >= 0.3 is 0 Å². The molecule has 20 heavy (non-hydrogen) atoms. The lowest BCUT2D eigenvalue weighted by atomic mass is 9.99. The molecule has 0 fully saturated rings. The summed E-state index contributed by atoms with van der Waals surface area (Å²) < 4.78 is 10.2. The number of nitrogens with zero attached hydrogens (tertiary/aromatic N) is 2. The highest BCUT2D eigenvalue weighted by atomic mass is 16.5. The Morgan fingerprint density at radius 2 is 1.75 bits per heavy atom. The first-order valence-corrected chi connectivity index (χ1v) is 6.14. The number of carbonyl (C=O) groups is 1. The minimum absolute atomic E-state index is 0.164. The summed E-state index contributed by atoms with van der Waals surface area (Å²) in [7, 11) is 3.11. The molecule has 0 amide bonds. The lowest BCUT2D eigenvalue weighted by Gasteiger charge is -2.10. The highest BCUT2D eigenvalue weighted by Gasteiger charge is 2.16. The Hall–Kier alpha value is -2.43. The Morgan fingerprint density at radius 3 is 2.30 bits per heavy atom. The van der Waals surface area contributed by atoms with Crippen LogP contribution < -0.4 is 9.47 Å². The molecule has 1 heterocycles. The average Bonchev–Trinajstić information content (AvgIpc) is 2.48. The SMILES string of the molecule is COc1ccc(C(=O)c2cc(C)c(OC)cc2C)nn1. The molecule has 0 saturated carbocycles. The van der Waals surface area contributed by atoms with Crippen LogP contribution in [0.3, 0.4) is 0 Å². The second kappa shape index (κ2) is 5.69. The molecular formula is C15H16N2O3.